The van der Waals surface area contributed by atoms with Gasteiger partial charge in [-0.1, -0.05) is 27.2 Å². The van der Waals surface area contributed by atoms with Gasteiger partial charge in [0.2, 0.25) is 0 Å². The highest BCUT2D eigenvalue weighted by Gasteiger charge is 2.28. The maximum atomic E-state index is 3.63. The zero-order valence-corrected chi connectivity index (χ0v) is 13.2. The van der Waals surface area contributed by atoms with Crippen molar-refractivity contribution in [2.45, 2.75) is 84.3 Å². The fraction of sp³-hybridized carbons (Fsp3) is 1.00. The summed E-state index contributed by atoms with van der Waals surface area (Å²) < 4.78 is 0. The molecule has 2 nitrogen and oxygen atoms in total. The van der Waals surface area contributed by atoms with Crippen LogP contribution in [0.5, 0.6) is 0 Å². The van der Waals surface area contributed by atoms with E-state index in [0.717, 1.165) is 18.5 Å². The predicted octanol–water partition coefficient (Wildman–Crippen LogP) is 3.66. The molecule has 2 heteroatoms. The Labute approximate surface area is 115 Å². The summed E-state index contributed by atoms with van der Waals surface area (Å²) in [5.74, 6) is 1.00. The van der Waals surface area contributed by atoms with Gasteiger partial charge < -0.3 is 5.32 Å². The number of likely N-dealkylation sites (N-methyl/N-ethyl adjacent to an activating group) is 2. The molecule has 1 aliphatic rings. The van der Waals surface area contributed by atoms with E-state index in [-0.39, 0.29) is 0 Å². The molecule has 0 heterocycles. The Morgan fingerprint density at radius 3 is 2.17 bits per heavy atom. The summed E-state index contributed by atoms with van der Waals surface area (Å²) in [6.45, 7) is 10.3. The smallest absolute Gasteiger partial charge is 0.0220 e. The van der Waals surface area contributed by atoms with Crippen molar-refractivity contribution in [1.82, 2.24) is 10.2 Å². The molecule has 0 aliphatic heterocycles. The minimum atomic E-state index is 0.642. The Hall–Kier alpha value is -0.0800. The SMILES string of the molecule is CCNC(CC)C(C)N(C)C1CCC(CC)CC1. The second kappa shape index (κ2) is 8.16. The molecule has 2 unspecified atom stereocenters. The number of hydrogen-bond acceptors (Lipinski definition) is 2. The summed E-state index contributed by atoms with van der Waals surface area (Å²) in [6, 6.07) is 2.11. The predicted molar refractivity (Wildman–Crippen MR) is 81.0 cm³/mol. The minimum absolute atomic E-state index is 0.642. The molecule has 1 N–H and O–H groups in total. The Balaban J connectivity index is 2.45. The van der Waals surface area contributed by atoms with E-state index >= 15 is 0 Å². The molecule has 0 bridgehead atoms. The van der Waals surface area contributed by atoms with Crippen LogP contribution in [0, 0.1) is 5.92 Å². The molecule has 0 radical (unpaired) electrons. The average molecular weight is 254 g/mol. The Morgan fingerprint density at radius 1 is 1.11 bits per heavy atom. The van der Waals surface area contributed by atoms with Crippen LogP contribution in [0.15, 0.2) is 0 Å². The Morgan fingerprint density at radius 2 is 1.72 bits per heavy atom. The number of nitrogens with zero attached hydrogens (tertiary/aromatic N) is 1. The van der Waals surface area contributed by atoms with Gasteiger partial charge in [-0.2, -0.15) is 0 Å². The maximum Gasteiger partial charge on any atom is 0.0220 e. The van der Waals surface area contributed by atoms with E-state index in [9.17, 15) is 0 Å². The molecule has 2 atom stereocenters. The van der Waals surface area contributed by atoms with Crippen molar-refractivity contribution in [3.8, 4) is 0 Å². The zero-order chi connectivity index (χ0) is 13.5. The standard InChI is InChI=1S/C16H34N2/c1-6-14-9-11-15(12-10-14)18(5)13(4)16(7-2)17-8-3/h13-17H,6-12H2,1-5H3. The van der Waals surface area contributed by atoms with Crippen molar-refractivity contribution in [1.29, 1.82) is 0 Å². The summed E-state index contributed by atoms with van der Waals surface area (Å²) in [5.41, 5.74) is 0. The van der Waals surface area contributed by atoms with E-state index in [1.165, 1.54) is 38.5 Å². The highest BCUT2D eigenvalue weighted by Crippen LogP contribution is 2.30. The van der Waals surface area contributed by atoms with Crippen molar-refractivity contribution in [3.63, 3.8) is 0 Å². The van der Waals surface area contributed by atoms with Crippen LogP contribution in [0.2, 0.25) is 0 Å². The molecule has 1 saturated carbocycles. The lowest BCUT2D eigenvalue weighted by Crippen LogP contribution is -2.51. The fourth-order valence-corrected chi connectivity index (χ4v) is 3.49. The van der Waals surface area contributed by atoms with E-state index in [1.807, 2.05) is 0 Å². The molecule has 0 spiro atoms. The van der Waals surface area contributed by atoms with Crippen LogP contribution in [0.4, 0.5) is 0 Å². The van der Waals surface area contributed by atoms with Gasteiger partial charge in [-0.3, -0.25) is 4.90 Å². The van der Waals surface area contributed by atoms with Crippen LogP contribution in [-0.2, 0) is 0 Å². The van der Waals surface area contributed by atoms with Gasteiger partial charge in [-0.05, 0) is 58.5 Å². The first-order valence-electron chi connectivity index (χ1n) is 8.09. The van der Waals surface area contributed by atoms with Crippen molar-refractivity contribution < 1.29 is 0 Å². The zero-order valence-electron chi connectivity index (χ0n) is 13.2. The molecule has 1 fully saturated rings. The van der Waals surface area contributed by atoms with Gasteiger partial charge >= 0.3 is 0 Å². The highest BCUT2D eigenvalue weighted by molar-refractivity contribution is 4.85. The molecular formula is C16H34N2. The number of rotatable bonds is 7. The van der Waals surface area contributed by atoms with E-state index in [2.05, 4.69) is 45.0 Å². The monoisotopic (exact) mass is 254 g/mol. The Kier molecular flexibility index (Phi) is 7.25. The van der Waals surface area contributed by atoms with Gasteiger partial charge in [0.15, 0.2) is 0 Å². The molecule has 1 aliphatic carbocycles. The lowest BCUT2D eigenvalue weighted by Gasteiger charge is -2.40. The third kappa shape index (κ3) is 4.24. The lowest BCUT2D eigenvalue weighted by molar-refractivity contribution is 0.104. The van der Waals surface area contributed by atoms with Crippen molar-refractivity contribution >= 4 is 0 Å². The van der Waals surface area contributed by atoms with Crippen molar-refractivity contribution in [2.24, 2.45) is 5.92 Å². The highest BCUT2D eigenvalue weighted by atomic mass is 15.2. The summed E-state index contributed by atoms with van der Waals surface area (Å²) in [4.78, 5) is 2.64. The Bertz CT molecular complexity index is 209. The molecule has 0 aromatic rings. The lowest BCUT2D eigenvalue weighted by atomic mass is 9.83. The largest absolute Gasteiger partial charge is 0.313 e. The van der Waals surface area contributed by atoms with Crippen molar-refractivity contribution in [2.75, 3.05) is 13.6 Å². The van der Waals surface area contributed by atoms with Crippen LogP contribution < -0.4 is 5.32 Å². The van der Waals surface area contributed by atoms with Gasteiger partial charge in [0.25, 0.3) is 0 Å². The molecule has 0 amide bonds. The van der Waals surface area contributed by atoms with Gasteiger partial charge in [0.05, 0.1) is 0 Å². The van der Waals surface area contributed by atoms with E-state index < -0.39 is 0 Å². The quantitative estimate of drug-likeness (QED) is 0.746. The normalized spacial score (nSPS) is 28.3. The molecule has 108 valence electrons. The first-order chi connectivity index (χ1) is 8.63. The number of hydrogen-bond donors (Lipinski definition) is 1. The average Bonchev–Trinajstić information content (AvgIpc) is 2.43. The second-order valence-corrected chi connectivity index (χ2v) is 6.06. The summed E-state index contributed by atoms with van der Waals surface area (Å²) >= 11 is 0. The van der Waals surface area contributed by atoms with E-state index in [4.69, 9.17) is 0 Å². The third-order valence-electron chi connectivity index (χ3n) is 5.10. The van der Waals surface area contributed by atoms with Gasteiger partial charge in [0.1, 0.15) is 0 Å². The van der Waals surface area contributed by atoms with E-state index in [1.54, 1.807) is 0 Å². The molecule has 0 aromatic heterocycles. The topological polar surface area (TPSA) is 15.3 Å². The van der Waals surface area contributed by atoms with Gasteiger partial charge in [-0.15, -0.1) is 0 Å². The van der Waals surface area contributed by atoms with Crippen molar-refractivity contribution in [3.05, 3.63) is 0 Å². The maximum absolute atomic E-state index is 3.63. The van der Waals surface area contributed by atoms with Gasteiger partial charge in [-0.25, -0.2) is 0 Å². The van der Waals surface area contributed by atoms with Crippen LogP contribution >= 0.6 is 0 Å². The second-order valence-electron chi connectivity index (χ2n) is 6.06. The van der Waals surface area contributed by atoms with Crippen LogP contribution in [0.3, 0.4) is 0 Å². The summed E-state index contributed by atoms with van der Waals surface area (Å²) in [7, 11) is 2.33. The molecule has 0 aromatic carbocycles. The number of nitrogens with one attached hydrogen (secondary N) is 1. The van der Waals surface area contributed by atoms with E-state index in [0.29, 0.717) is 12.1 Å². The molecule has 18 heavy (non-hydrogen) atoms. The molecule has 1 rings (SSSR count). The van der Waals surface area contributed by atoms with Crippen LogP contribution in [-0.4, -0.2) is 36.6 Å². The summed E-state index contributed by atoms with van der Waals surface area (Å²) in [6.07, 6.45) is 8.29. The third-order valence-corrected chi connectivity index (χ3v) is 5.10. The van der Waals surface area contributed by atoms with Crippen LogP contribution in [0.25, 0.3) is 0 Å². The summed E-state index contributed by atoms with van der Waals surface area (Å²) in [5, 5.41) is 3.63. The first-order valence-corrected chi connectivity index (χ1v) is 8.09. The first kappa shape index (κ1) is 16.0. The van der Waals surface area contributed by atoms with Crippen LogP contribution in [0.1, 0.15) is 66.2 Å². The fourth-order valence-electron chi connectivity index (χ4n) is 3.49. The minimum Gasteiger partial charge on any atom is -0.313 e. The molecular weight excluding hydrogens is 220 g/mol. The molecule has 0 saturated heterocycles. The van der Waals surface area contributed by atoms with Gasteiger partial charge in [0, 0.05) is 18.1 Å².